The zero-order chi connectivity index (χ0) is 24.0. The number of non-ortho nitro benzene ring substituents is 1. The zero-order valence-electron chi connectivity index (χ0n) is 18.2. The number of rotatable bonds is 10. The van der Waals surface area contributed by atoms with Crippen molar-refractivity contribution < 1.29 is 19.6 Å². The lowest BCUT2D eigenvalue weighted by molar-refractivity contribution is -0.384. The second-order valence-corrected chi connectivity index (χ2v) is 8.24. The van der Waals surface area contributed by atoms with Gasteiger partial charge < -0.3 is 5.11 Å². The van der Waals surface area contributed by atoms with Crippen LogP contribution in [0.15, 0.2) is 60.0 Å². The summed E-state index contributed by atoms with van der Waals surface area (Å²) in [6, 6.07) is 13.6. The predicted octanol–water partition coefficient (Wildman–Crippen LogP) is 4.50. The Kier molecular flexibility index (Phi) is 7.86. The molecule has 0 fully saturated rings. The van der Waals surface area contributed by atoms with Gasteiger partial charge >= 0.3 is 6.09 Å². The van der Waals surface area contributed by atoms with Crippen LogP contribution in [0.25, 0.3) is 0 Å². The van der Waals surface area contributed by atoms with Crippen molar-refractivity contribution >= 4 is 28.9 Å². The van der Waals surface area contributed by atoms with Crippen LogP contribution >= 0.6 is 11.3 Å². The molecule has 2 N–H and O–H groups in total. The van der Waals surface area contributed by atoms with Crippen LogP contribution in [0.1, 0.15) is 46.4 Å². The van der Waals surface area contributed by atoms with E-state index in [9.17, 15) is 24.8 Å². The van der Waals surface area contributed by atoms with Gasteiger partial charge in [0.15, 0.2) is 5.78 Å². The van der Waals surface area contributed by atoms with Gasteiger partial charge in [-0.05, 0) is 18.9 Å². The van der Waals surface area contributed by atoms with E-state index < -0.39 is 17.1 Å². The molecule has 1 amide bonds. The lowest BCUT2D eigenvalue weighted by atomic mass is 9.99. The Balaban J connectivity index is 1.85. The molecule has 2 atom stereocenters. The van der Waals surface area contributed by atoms with E-state index in [1.807, 2.05) is 12.3 Å². The minimum absolute atomic E-state index is 0.0342. The zero-order valence-corrected chi connectivity index (χ0v) is 19.0. The first-order valence-electron chi connectivity index (χ1n) is 10.3. The number of nitro groups is 1. The summed E-state index contributed by atoms with van der Waals surface area (Å²) in [6.07, 6.45) is -0.538. The van der Waals surface area contributed by atoms with E-state index >= 15 is 0 Å². The number of benzene rings is 2. The summed E-state index contributed by atoms with van der Waals surface area (Å²) in [5, 5.41) is 24.4. The summed E-state index contributed by atoms with van der Waals surface area (Å²) in [7, 11) is 0. The molecule has 172 valence electrons. The summed E-state index contributed by atoms with van der Waals surface area (Å²) >= 11 is 1.44. The molecule has 1 unspecified atom stereocenters. The van der Waals surface area contributed by atoms with Crippen LogP contribution in [0.4, 0.5) is 10.5 Å². The fraction of sp³-hybridized carbons (Fsp3) is 0.261. The molecule has 2 aromatic carbocycles. The molecule has 3 aromatic rings. The topological polar surface area (TPSA) is 126 Å². The van der Waals surface area contributed by atoms with E-state index in [4.69, 9.17) is 0 Å². The maximum atomic E-state index is 12.8. The standard InChI is InChI=1S/C23H24N4O5S/c1-3-18-14-33-22(25-18)20(16-9-11-19(12-10-16)27(31)32)13-24-26(23(29)30)15(2)21(28)17-7-5-4-6-8-17/h4-12,14-15,20,24H,3,13H2,1-2H3,(H,29,30)/t15?,20-/m0/s1. The highest BCUT2D eigenvalue weighted by atomic mass is 32.1. The second kappa shape index (κ2) is 10.8. The molecule has 1 heterocycles. The third kappa shape index (κ3) is 5.79. The molecule has 0 aliphatic rings. The maximum Gasteiger partial charge on any atom is 0.422 e. The van der Waals surface area contributed by atoms with Crippen LogP contribution in [0.3, 0.4) is 0 Å². The number of hydrogen-bond donors (Lipinski definition) is 2. The number of carboxylic acid groups (broad SMARTS) is 1. The lowest BCUT2D eigenvalue weighted by Gasteiger charge is -2.28. The Morgan fingerprint density at radius 3 is 2.39 bits per heavy atom. The van der Waals surface area contributed by atoms with E-state index in [0.717, 1.165) is 27.7 Å². The van der Waals surface area contributed by atoms with E-state index in [-0.39, 0.29) is 23.9 Å². The summed E-state index contributed by atoms with van der Waals surface area (Å²) in [5.41, 5.74) is 4.91. The molecule has 0 saturated heterocycles. The number of hydrogen-bond acceptors (Lipinski definition) is 7. The third-order valence-corrected chi connectivity index (χ3v) is 6.24. The normalized spacial score (nSPS) is 12.7. The highest BCUT2D eigenvalue weighted by Gasteiger charge is 2.28. The van der Waals surface area contributed by atoms with Crippen molar-refractivity contribution in [1.82, 2.24) is 15.4 Å². The average Bonchev–Trinajstić information content (AvgIpc) is 3.30. The molecule has 1 aromatic heterocycles. The number of nitrogens with zero attached hydrogens (tertiary/aromatic N) is 3. The number of nitro benzene ring substituents is 1. The number of nitrogens with one attached hydrogen (secondary N) is 1. The number of carbonyl (C=O) groups excluding carboxylic acids is 1. The molecular formula is C23H24N4O5S. The fourth-order valence-corrected chi connectivity index (χ4v) is 4.37. The van der Waals surface area contributed by atoms with Crippen LogP contribution in [-0.2, 0) is 6.42 Å². The van der Waals surface area contributed by atoms with Crippen molar-refractivity contribution in [2.45, 2.75) is 32.2 Å². The summed E-state index contributed by atoms with van der Waals surface area (Å²) in [6.45, 7) is 3.64. The lowest BCUT2D eigenvalue weighted by Crippen LogP contribution is -2.52. The Hall–Kier alpha value is -3.63. The highest BCUT2D eigenvalue weighted by Crippen LogP contribution is 2.29. The van der Waals surface area contributed by atoms with Gasteiger partial charge in [-0.15, -0.1) is 11.3 Å². The first-order chi connectivity index (χ1) is 15.8. The van der Waals surface area contributed by atoms with E-state index in [1.165, 1.54) is 30.4 Å². The highest BCUT2D eigenvalue weighted by molar-refractivity contribution is 7.09. The number of aromatic nitrogens is 1. The van der Waals surface area contributed by atoms with Gasteiger partial charge in [0.05, 0.1) is 16.5 Å². The van der Waals surface area contributed by atoms with E-state index in [2.05, 4.69) is 10.4 Å². The van der Waals surface area contributed by atoms with Gasteiger partial charge in [0.25, 0.3) is 5.69 Å². The Labute approximate surface area is 194 Å². The van der Waals surface area contributed by atoms with E-state index in [1.54, 1.807) is 42.5 Å². The van der Waals surface area contributed by atoms with Gasteiger partial charge in [-0.25, -0.2) is 20.2 Å². The van der Waals surface area contributed by atoms with Crippen LogP contribution < -0.4 is 5.43 Å². The van der Waals surface area contributed by atoms with Crippen molar-refractivity contribution in [2.75, 3.05) is 6.54 Å². The van der Waals surface area contributed by atoms with Crippen molar-refractivity contribution in [3.63, 3.8) is 0 Å². The summed E-state index contributed by atoms with van der Waals surface area (Å²) in [4.78, 5) is 39.9. The Morgan fingerprint density at radius 2 is 1.85 bits per heavy atom. The number of hydrazine groups is 1. The van der Waals surface area contributed by atoms with Crippen molar-refractivity contribution in [3.8, 4) is 0 Å². The molecule has 0 radical (unpaired) electrons. The van der Waals surface area contributed by atoms with Gasteiger partial charge in [0.2, 0.25) is 0 Å². The second-order valence-electron chi connectivity index (χ2n) is 7.35. The van der Waals surface area contributed by atoms with E-state index in [0.29, 0.717) is 5.56 Å². The van der Waals surface area contributed by atoms with Gasteiger partial charge in [0.1, 0.15) is 11.0 Å². The van der Waals surface area contributed by atoms with Gasteiger partial charge in [-0.2, -0.15) is 0 Å². The smallest absolute Gasteiger partial charge is 0.422 e. The fourth-order valence-electron chi connectivity index (χ4n) is 3.34. The molecule has 33 heavy (non-hydrogen) atoms. The number of Topliss-reactive ketones (excluding diaryl/α,β-unsaturated/α-hetero) is 1. The number of carbonyl (C=O) groups is 2. The largest absolute Gasteiger partial charge is 0.464 e. The van der Waals surface area contributed by atoms with Crippen LogP contribution in [-0.4, -0.2) is 44.5 Å². The molecule has 0 aliphatic carbocycles. The first kappa shape index (κ1) is 24.0. The summed E-state index contributed by atoms with van der Waals surface area (Å²) < 4.78 is 0. The molecule has 0 bridgehead atoms. The quantitative estimate of drug-likeness (QED) is 0.255. The van der Waals surface area contributed by atoms with Crippen molar-refractivity contribution in [3.05, 3.63) is 91.9 Å². The SMILES string of the molecule is CCc1csc([C@@H](CNN(C(=O)O)C(C)C(=O)c2ccccc2)c2ccc([N+](=O)[O-])cc2)n1. The van der Waals surface area contributed by atoms with Gasteiger partial charge in [-0.1, -0.05) is 49.4 Å². The number of thiazole rings is 1. The molecule has 0 saturated carbocycles. The predicted molar refractivity (Wildman–Crippen MR) is 125 cm³/mol. The van der Waals surface area contributed by atoms with Crippen molar-refractivity contribution in [2.24, 2.45) is 0 Å². The minimum atomic E-state index is -1.29. The average molecular weight is 469 g/mol. The molecule has 0 spiro atoms. The monoisotopic (exact) mass is 468 g/mol. The Morgan fingerprint density at radius 1 is 1.18 bits per heavy atom. The van der Waals surface area contributed by atoms with Crippen LogP contribution in [0.2, 0.25) is 0 Å². The molecule has 0 aliphatic heterocycles. The van der Waals surface area contributed by atoms with Crippen molar-refractivity contribution in [1.29, 1.82) is 0 Å². The van der Waals surface area contributed by atoms with Crippen LogP contribution in [0.5, 0.6) is 0 Å². The number of aryl methyl sites for hydroxylation is 1. The number of ketones is 1. The maximum absolute atomic E-state index is 12.8. The molecule has 3 rings (SSSR count). The van der Waals surface area contributed by atoms with Gasteiger partial charge in [0, 0.05) is 29.6 Å². The summed E-state index contributed by atoms with van der Waals surface area (Å²) in [5.74, 6) is -0.697. The first-order valence-corrected chi connectivity index (χ1v) is 11.2. The molecule has 10 heteroatoms. The molecule has 9 nitrogen and oxygen atoms in total. The Bertz CT molecular complexity index is 1120. The number of amides is 1. The third-order valence-electron chi connectivity index (χ3n) is 5.23. The van der Waals surface area contributed by atoms with Crippen LogP contribution in [0, 0.1) is 10.1 Å². The van der Waals surface area contributed by atoms with Gasteiger partial charge in [-0.3, -0.25) is 14.9 Å². The minimum Gasteiger partial charge on any atom is -0.464 e. The molecular weight excluding hydrogens is 444 g/mol.